The van der Waals surface area contributed by atoms with Gasteiger partial charge in [0.05, 0.1) is 21.4 Å². The molecule has 0 bridgehead atoms. The molecule has 0 N–H and O–H groups in total. The van der Waals surface area contributed by atoms with Gasteiger partial charge in [-0.15, -0.1) is 11.6 Å². The minimum absolute atomic E-state index is 0.272. The first-order valence-electron chi connectivity index (χ1n) is 6.67. The molecule has 20 heavy (non-hydrogen) atoms. The molecule has 0 spiro atoms. The second-order valence-corrected chi connectivity index (χ2v) is 6.20. The van der Waals surface area contributed by atoms with E-state index in [4.69, 9.17) is 16.3 Å². The highest BCUT2D eigenvalue weighted by Crippen LogP contribution is 2.27. The molecule has 2 aromatic rings. The largest absolute Gasteiger partial charge is 0.381 e. The number of hydrogen-bond acceptors (Lipinski definition) is 2. The molecule has 0 saturated carbocycles. The summed E-state index contributed by atoms with van der Waals surface area (Å²) in [5, 5.41) is 0. The maximum atomic E-state index is 13.8. The third-order valence-corrected chi connectivity index (χ3v) is 4.62. The molecule has 2 heterocycles. The monoisotopic (exact) mass is 360 g/mol. The zero-order chi connectivity index (χ0) is 14.1. The number of alkyl halides is 1. The zero-order valence-corrected chi connectivity index (χ0v) is 13.3. The van der Waals surface area contributed by atoms with Crippen LogP contribution in [0.3, 0.4) is 0 Å². The van der Waals surface area contributed by atoms with Gasteiger partial charge in [0.2, 0.25) is 0 Å². The van der Waals surface area contributed by atoms with E-state index in [0.29, 0.717) is 16.3 Å². The lowest BCUT2D eigenvalue weighted by Crippen LogP contribution is -2.21. The van der Waals surface area contributed by atoms with E-state index >= 15 is 0 Å². The number of halogens is 3. The number of hydrogen-bond donors (Lipinski definition) is 0. The first kappa shape index (κ1) is 14.3. The summed E-state index contributed by atoms with van der Waals surface area (Å²) in [6, 6.07) is 3.24. The molecule has 0 amide bonds. The quantitative estimate of drug-likeness (QED) is 0.770. The Morgan fingerprint density at radius 3 is 2.85 bits per heavy atom. The number of aromatic nitrogens is 2. The maximum Gasteiger partial charge on any atom is 0.139 e. The first-order valence-corrected chi connectivity index (χ1v) is 7.99. The number of benzene rings is 1. The third-order valence-electron chi connectivity index (χ3n) is 3.77. The lowest BCUT2D eigenvalue weighted by molar-refractivity contribution is 0.0614. The zero-order valence-electron chi connectivity index (χ0n) is 10.9. The second-order valence-electron chi connectivity index (χ2n) is 5.08. The van der Waals surface area contributed by atoms with Gasteiger partial charge in [0, 0.05) is 25.8 Å². The van der Waals surface area contributed by atoms with Gasteiger partial charge in [-0.3, -0.25) is 0 Å². The van der Waals surface area contributed by atoms with E-state index in [-0.39, 0.29) is 5.82 Å². The summed E-state index contributed by atoms with van der Waals surface area (Å²) in [4.78, 5) is 4.50. The molecule has 3 rings (SSSR count). The van der Waals surface area contributed by atoms with E-state index in [1.807, 2.05) is 4.57 Å². The van der Waals surface area contributed by atoms with E-state index in [2.05, 4.69) is 20.9 Å². The van der Waals surface area contributed by atoms with Crippen molar-refractivity contribution in [2.24, 2.45) is 5.92 Å². The number of ether oxygens (including phenoxy) is 1. The predicted octanol–water partition coefficient (Wildman–Crippen LogP) is 4.10. The third kappa shape index (κ3) is 2.71. The topological polar surface area (TPSA) is 27.1 Å². The fourth-order valence-corrected chi connectivity index (χ4v) is 3.20. The van der Waals surface area contributed by atoms with Gasteiger partial charge < -0.3 is 9.30 Å². The van der Waals surface area contributed by atoms with Crippen LogP contribution in [0.25, 0.3) is 11.0 Å². The molecule has 1 aliphatic heterocycles. The van der Waals surface area contributed by atoms with E-state index in [0.717, 1.165) is 49.5 Å². The molecule has 1 aromatic carbocycles. The van der Waals surface area contributed by atoms with Crippen molar-refractivity contribution >= 4 is 38.6 Å². The van der Waals surface area contributed by atoms with Gasteiger partial charge in [-0.25, -0.2) is 9.37 Å². The lowest BCUT2D eigenvalue weighted by Gasteiger charge is -2.23. The van der Waals surface area contributed by atoms with Crippen molar-refractivity contribution in [2.75, 3.05) is 13.2 Å². The van der Waals surface area contributed by atoms with Crippen molar-refractivity contribution in [1.82, 2.24) is 9.55 Å². The molecule has 1 aliphatic rings. The molecular formula is C14H15BrClFN2O. The van der Waals surface area contributed by atoms with Crippen LogP contribution in [0, 0.1) is 11.7 Å². The van der Waals surface area contributed by atoms with Crippen molar-refractivity contribution in [3.8, 4) is 0 Å². The molecule has 0 unspecified atom stereocenters. The average Bonchev–Trinajstić information content (AvgIpc) is 2.78. The van der Waals surface area contributed by atoms with Crippen molar-refractivity contribution in [1.29, 1.82) is 0 Å². The Hall–Kier alpha value is -0.650. The number of rotatable bonds is 3. The summed E-state index contributed by atoms with van der Waals surface area (Å²) in [5.41, 5.74) is 1.59. The van der Waals surface area contributed by atoms with Gasteiger partial charge in [-0.2, -0.15) is 0 Å². The summed E-state index contributed by atoms with van der Waals surface area (Å²) < 4.78 is 21.6. The van der Waals surface area contributed by atoms with Crippen LogP contribution in [0.15, 0.2) is 16.6 Å². The molecule has 6 heteroatoms. The van der Waals surface area contributed by atoms with Crippen molar-refractivity contribution in [3.05, 3.63) is 28.2 Å². The highest BCUT2D eigenvalue weighted by atomic mass is 79.9. The van der Waals surface area contributed by atoms with Crippen molar-refractivity contribution in [3.63, 3.8) is 0 Å². The van der Waals surface area contributed by atoms with Gasteiger partial charge in [-0.1, -0.05) is 0 Å². The normalized spacial score (nSPS) is 16.9. The molecule has 1 saturated heterocycles. The van der Waals surface area contributed by atoms with E-state index < -0.39 is 0 Å². The van der Waals surface area contributed by atoms with Gasteiger partial charge in [0.25, 0.3) is 0 Å². The van der Waals surface area contributed by atoms with Crippen LogP contribution in [0.2, 0.25) is 0 Å². The Bertz CT molecular complexity index is 625. The van der Waals surface area contributed by atoms with Crippen molar-refractivity contribution in [2.45, 2.75) is 25.3 Å². The molecule has 0 radical (unpaired) electrons. The Morgan fingerprint density at radius 2 is 2.15 bits per heavy atom. The molecule has 0 aliphatic carbocycles. The Kier molecular flexibility index (Phi) is 4.29. The SMILES string of the molecule is Fc1cc2c(cc1Br)nc(CCl)n2CC1CCOCC1. The Morgan fingerprint density at radius 1 is 1.40 bits per heavy atom. The number of imidazole rings is 1. The Labute approximate surface area is 130 Å². The van der Waals surface area contributed by atoms with Crippen molar-refractivity contribution < 1.29 is 9.13 Å². The van der Waals surface area contributed by atoms with E-state index in [9.17, 15) is 4.39 Å². The molecule has 1 aromatic heterocycles. The van der Waals surface area contributed by atoms with Crippen LogP contribution in [0.4, 0.5) is 4.39 Å². The van der Waals surface area contributed by atoms with E-state index in [1.54, 1.807) is 6.07 Å². The van der Waals surface area contributed by atoms with Crippen LogP contribution in [0.5, 0.6) is 0 Å². The standard InChI is InChI=1S/C14H15BrClFN2O/c15-10-5-12-13(6-11(10)17)19(14(7-16)18-12)8-9-1-3-20-4-2-9/h5-6,9H,1-4,7-8H2. The summed E-state index contributed by atoms with van der Waals surface area (Å²) in [7, 11) is 0. The van der Waals surface area contributed by atoms with E-state index in [1.165, 1.54) is 6.07 Å². The van der Waals surface area contributed by atoms with Crippen LogP contribution in [0.1, 0.15) is 18.7 Å². The van der Waals surface area contributed by atoms with Gasteiger partial charge >= 0.3 is 0 Å². The minimum Gasteiger partial charge on any atom is -0.381 e. The number of nitrogens with zero attached hydrogens (tertiary/aromatic N) is 2. The van der Waals surface area contributed by atoms with Crippen LogP contribution < -0.4 is 0 Å². The first-order chi connectivity index (χ1) is 9.69. The highest BCUT2D eigenvalue weighted by Gasteiger charge is 2.19. The smallest absolute Gasteiger partial charge is 0.139 e. The summed E-state index contributed by atoms with van der Waals surface area (Å²) in [6.07, 6.45) is 2.06. The molecule has 1 fully saturated rings. The minimum atomic E-state index is -0.272. The molecule has 0 atom stereocenters. The molecule has 3 nitrogen and oxygen atoms in total. The average molecular weight is 362 g/mol. The van der Waals surface area contributed by atoms with Gasteiger partial charge in [0.15, 0.2) is 0 Å². The van der Waals surface area contributed by atoms with Crippen LogP contribution in [-0.4, -0.2) is 22.8 Å². The van der Waals surface area contributed by atoms with Crippen LogP contribution >= 0.6 is 27.5 Å². The highest BCUT2D eigenvalue weighted by molar-refractivity contribution is 9.10. The molecular weight excluding hydrogens is 347 g/mol. The summed E-state index contributed by atoms with van der Waals surface area (Å²) >= 11 is 9.18. The maximum absolute atomic E-state index is 13.8. The predicted molar refractivity (Wildman–Crippen MR) is 80.5 cm³/mol. The lowest BCUT2D eigenvalue weighted by atomic mass is 10.0. The van der Waals surface area contributed by atoms with Crippen LogP contribution in [-0.2, 0) is 17.2 Å². The second kappa shape index (κ2) is 6.00. The fourth-order valence-electron chi connectivity index (χ4n) is 2.66. The number of fused-ring (bicyclic) bond motifs is 1. The Balaban J connectivity index is 2.00. The summed E-state index contributed by atoms with van der Waals surface area (Å²) in [5.74, 6) is 1.39. The fraction of sp³-hybridized carbons (Fsp3) is 0.500. The summed E-state index contributed by atoms with van der Waals surface area (Å²) in [6.45, 7) is 2.42. The van der Waals surface area contributed by atoms with Gasteiger partial charge in [0.1, 0.15) is 11.6 Å². The van der Waals surface area contributed by atoms with Gasteiger partial charge in [-0.05, 0) is 40.8 Å². The molecule has 108 valence electrons.